The molecule has 3 aromatic rings. The minimum absolute atomic E-state index is 0.00360. The predicted octanol–water partition coefficient (Wildman–Crippen LogP) is 2.24. The van der Waals surface area contributed by atoms with Gasteiger partial charge < -0.3 is 5.32 Å². The topological polar surface area (TPSA) is 101 Å². The van der Waals surface area contributed by atoms with Crippen molar-refractivity contribution < 1.29 is 13.2 Å². The molecule has 0 aliphatic carbocycles. The first-order valence-corrected chi connectivity index (χ1v) is 10.2. The standard InChI is InChI=1S/C17H18N4O3S2/c1-12(13-6-3-2-4-7-13)19-16(22)10-11-18-26(23,24)15-9-5-8-14-17(15)21-25-20-14/h2-9,12,18H,10-11H2,1H3,(H,19,22)/t12-/m0/s1. The van der Waals surface area contributed by atoms with Crippen LogP contribution >= 0.6 is 11.7 Å². The molecule has 1 amide bonds. The van der Waals surface area contributed by atoms with Gasteiger partial charge in [0.2, 0.25) is 15.9 Å². The molecule has 2 aromatic carbocycles. The van der Waals surface area contributed by atoms with Crippen LogP contribution in [0.1, 0.15) is 24.9 Å². The highest BCUT2D eigenvalue weighted by molar-refractivity contribution is 7.89. The molecule has 0 radical (unpaired) electrons. The second kappa shape index (κ2) is 7.90. The molecule has 9 heteroatoms. The van der Waals surface area contributed by atoms with Gasteiger partial charge in [0.1, 0.15) is 15.9 Å². The van der Waals surface area contributed by atoms with Gasteiger partial charge in [-0.25, -0.2) is 13.1 Å². The highest BCUT2D eigenvalue weighted by Crippen LogP contribution is 2.20. The van der Waals surface area contributed by atoms with E-state index in [4.69, 9.17) is 0 Å². The van der Waals surface area contributed by atoms with Gasteiger partial charge >= 0.3 is 0 Å². The number of carbonyl (C=O) groups is 1. The highest BCUT2D eigenvalue weighted by atomic mass is 32.2. The fraction of sp³-hybridized carbons (Fsp3) is 0.235. The summed E-state index contributed by atoms with van der Waals surface area (Å²) in [5, 5.41) is 2.85. The Kier molecular flexibility index (Phi) is 5.60. The molecule has 0 fully saturated rings. The van der Waals surface area contributed by atoms with E-state index < -0.39 is 10.0 Å². The Morgan fingerprint density at radius 1 is 1.12 bits per heavy atom. The first kappa shape index (κ1) is 18.4. The summed E-state index contributed by atoms with van der Waals surface area (Å²) in [4.78, 5) is 12.1. The van der Waals surface area contributed by atoms with Crippen LogP contribution < -0.4 is 10.0 Å². The number of rotatable bonds is 7. The van der Waals surface area contributed by atoms with Crippen LogP contribution in [0.2, 0.25) is 0 Å². The van der Waals surface area contributed by atoms with Crippen molar-refractivity contribution in [1.29, 1.82) is 0 Å². The third kappa shape index (κ3) is 4.24. The molecular formula is C17H18N4O3S2. The fourth-order valence-corrected chi connectivity index (χ4v) is 4.31. The van der Waals surface area contributed by atoms with Crippen LogP contribution in [0.15, 0.2) is 53.4 Å². The number of aromatic nitrogens is 2. The monoisotopic (exact) mass is 390 g/mol. The summed E-state index contributed by atoms with van der Waals surface area (Å²) in [6.07, 6.45) is 0.0433. The molecule has 2 N–H and O–H groups in total. The molecular weight excluding hydrogens is 372 g/mol. The van der Waals surface area contributed by atoms with Crippen molar-refractivity contribution >= 4 is 38.7 Å². The molecule has 0 saturated carbocycles. The van der Waals surface area contributed by atoms with Gasteiger partial charge in [-0.2, -0.15) is 8.75 Å². The van der Waals surface area contributed by atoms with Crippen LogP contribution in [0.3, 0.4) is 0 Å². The zero-order chi connectivity index (χ0) is 18.6. The maximum atomic E-state index is 12.5. The van der Waals surface area contributed by atoms with Crippen molar-refractivity contribution in [1.82, 2.24) is 18.8 Å². The van der Waals surface area contributed by atoms with Gasteiger partial charge in [-0.3, -0.25) is 4.79 Å². The van der Waals surface area contributed by atoms with E-state index >= 15 is 0 Å². The van der Waals surface area contributed by atoms with Crippen molar-refractivity contribution in [3.63, 3.8) is 0 Å². The number of hydrogen-bond donors (Lipinski definition) is 2. The number of sulfonamides is 1. The number of nitrogens with zero attached hydrogens (tertiary/aromatic N) is 2. The summed E-state index contributed by atoms with van der Waals surface area (Å²) >= 11 is 0.960. The Labute approximate surface area is 155 Å². The predicted molar refractivity (Wildman–Crippen MR) is 100 cm³/mol. The van der Waals surface area contributed by atoms with Crippen LogP contribution in [-0.4, -0.2) is 29.6 Å². The van der Waals surface area contributed by atoms with Gasteiger partial charge in [0.15, 0.2) is 0 Å². The molecule has 0 aliphatic rings. The van der Waals surface area contributed by atoms with E-state index in [1.54, 1.807) is 12.1 Å². The molecule has 1 heterocycles. The van der Waals surface area contributed by atoms with Crippen molar-refractivity contribution in [3.05, 3.63) is 54.1 Å². The molecule has 136 valence electrons. The van der Waals surface area contributed by atoms with E-state index in [9.17, 15) is 13.2 Å². The summed E-state index contributed by atoms with van der Waals surface area (Å²) in [5.74, 6) is -0.224. The summed E-state index contributed by atoms with van der Waals surface area (Å²) in [7, 11) is -3.76. The zero-order valence-corrected chi connectivity index (χ0v) is 15.7. The van der Waals surface area contributed by atoms with Gasteiger partial charge in [0.25, 0.3) is 0 Å². The molecule has 7 nitrogen and oxygen atoms in total. The van der Waals surface area contributed by atoms with Crippen LogP contribution in [0.4, 0.5) is 0 Å². The SMILES string of the molecule is C[C@H](NC(=O)CCNS(=O)(=O)c1cccc2nsnc12)c1ccccc1. The molecule has 1 aromatic heterocycles. The molecule has 3 rings (SSSR count). The van der Waals surface area contributed by atoms with E-state index in [1.807, 2.05) is 37.3 Å². The number of amides is 1. The lowest BCUT2D eigenvalue weighted by Crippen LogP contribution is -2.32. The van der Waals surface area contributed by atoms with Crippen molar-refractivity contribution in [2.24, 2.45) is 0 Å². The first-order valence-electron chi connectivity index (χ1n) is 8.02. The van der Waals surface area contributed by atoms with Gasteiger partial charge in [0.05, 0.1) is 17.8 Å². The summed E-state index contributed by atoms with van der Waals surface area (Å²) in [5.41, 5.74) is 1.86. The van der Waals surface area contributed by atoms with E-state index in [0.717, 1.165) is 17.3 Å². The quantitative estimate of drug-likeness (QED) is 0.644. The van der Waals surface area contributed by atoms with Gasteiger partial charge in [0, 0.05) is 13.0 Å². The normalized spacial score (nSPS) is 12.8. The average molecular weight is 390 g/mol. The van der Waals surface area contributed by atoms with Crippen LogP contribution in [0, 0.1) is 0 Å². The number of hydrogen-bond acceptors (Lipinski definition) is 6. The van der Waals surface area contributed by atoms with Gasteiger partial charge in [-0.15, -0.1) is 0 Å². The average Bonchev–Trinajstić information content (AvgIpc) is 3.10. The van der Waals surface area contributed by atoms with Gasteiger partial charge in [-0.05, 0) is 24.6 Å². The lowest BCUT2D eigenvalue weighted by molar-refractivity contribution is -0.121. The maximum absolute atomic E-state index is 12.5. The molecule has 0 saturated heterocycles. The van der Waals surface area contributed by atoms with E-state index in [2.05, 4.69) is 18.8 Å². The van der Waals surface area contributed by atoms with Gasteiger partial charge in [-0.1, -0.05) is 36.4 Å². The number of fused-ring (bicyclic) bond motifs is 1. The van der Waals surface area contributed by atoms with Crippen molar-refractivity contribution in [3.8, 4) is 0 Å². The Balaban J connectivity index is 1.57. The lowest BCUT2D eigenvalue weighted by Gasteiger charge is -2.14. The highest BCUT2D eigenvalue weighted by Gasteiger charge is 2.19. The molecule has 0 spiro atoms. The number of benzene rings is 2. The second-order valence-corrected chi connectivity index (χ2v) is 8.00. The fourth-order valence-electron chi connectivity index (χ4n) is 2.51. The minimum Gasteiger partial charge on any atom is -0.350 e. The van der Waals surface area contributed by atoms with Crippen molar-refractivity contribution in [2.75, 3.05) is 6.54 Å². The summed E-state index contributed by atoms with van der Waals surface area (Å²) in [6, 6.07) is 14.2. The van der Waals surface area contributed by atoms with Crippen LogP contribution in [-0.2, 0) is 14.8 Å². The second-order valence-electron chi connectivity index (χ2n) is 5.74. The van der Waals surface area contributed by atoms with E-state index in [-0.39, 0.29) is 29.8 Å². The number of nitrogens with one attached hydrogen (secondary N) is 2. The third-order valence-corrected chi connectivity index (χ3v) is 5.89. The molecule has 26 heavy (non-hydrogen) atoms. The number of carbonyl (C=O) groups excluding carboxylic acids is 1. The summed E-state index contributed by atoms with van der Waals surface area (Å²) in [6.45, 7) is 1.89. The molecule has 0 bridgehead atoms. The van der Waals surface area contributed by atoms with Crippen LogP contribution in [0.5, 0.6) is 0 Å². The molecule has 0 unspecified atom stereocenters. The molecule has 0 aliphatic heterocycles. The minimum atomic E-state index is -3.76. The van der Waals surface area contributed by atoms with E-state index in [0.29, 0.717) is 11.0 Å². The van der Waals surface area contributed by atoms with Crippen molar-refractivity contribution in [2.45, 2.75) is 24.3 Å². The zero-order valence-electron chi connectivity index (χ0n) is 14.0. The first-order chi connectivity index (χ1) is 12.5. The molecule has 1 atom stereocenters. The Morgan fingerprint density at radius 3 is 2.65 bits per heavy atom. The Bertz CT molecular complexity index is 1000. The Morgan fingerprint density at radius 2 is 1.88 bits per heavy atom. The largest absolute Gasteiger partial charge is 0.350 e. The van der Waals surface area contributed by atoms with E-state index in [1.165, 1.54) is 6.07 Å². The smallest absolute Gasteiger partial charge is 0.242 e. The van der Waals surface area contributed by atoms with Crippen LogP contribution in [0.25, 0.3) is 11.0 Å². The Hall–Kier alpha value is -2.36. The summed E-state index contributed by atoms with van der Waals surface area (Å²) < 4.78 is 35.4. The third-order valence-electron chi connectivity index (χ3n) is 3.86. The maximum Gasteiger partial charge on any atom is 0.242 e. The lowest BCUT2D eigenvalue weighted by atomic mass is 10.1.